The van der Waals surface area contributed by atoms with Crippen LogP contribution in [0.15, 0.2) is 29.4 Å². The number of carboxylic acids is 1. The predicted octanol–water partition coefficient (Wildman–Crippen LogP) is 1.02. The molecule has 0 atom stereocenters. The standard InChI is InChI=1S/C11H11NO4/c13-11(14)7-16-12-10-6-15-5-8-3-1-2-4-9(8)10/h1-4H,5-7H2,(H,13,14)/b12-10-. The van der Waals surface area contributed by atoms with Gasteiger partial charge < -0.3 is 14.7 Å². The second-order valence-corrected chi connectivity index (χ2v) is 3.36. The van der Waals surface area contributed by atoms with Crippen molar-refractivity contribution in [3.05, 3.63) is 35.4 Å². The third kappa shape index (κ3) is 2.38. The van der Waals surface area contributed by atoms with Gasteiger partial charge in [0, 0.05) is 5.56 Å². The highest BCUT2D eigenvalue weighted by atomic mass is 16.6. The van der Waals surface area contributed by atoms with Crippen molar-refractivity contribution in [1.82, 2.24) is 0 Å². The maximum absolute atomic E-state index is 10.3. The number of nitrogens with zero attached hydrogens (tertiary/aromatic N) is 1. The molecule has 0 spiro atoms. The van der Waals surface area contributed by atoms with Gasteiger partial charge >= 0.3 is 5.97 Å². The lowest BCUT2D eigenvalue weighted by molar-refractivity contribution is -0.142. The van der Waals surface area contributed by atoms with Gasteiger partial charge in [-0.2, -0.15) is 0 Å². The van der Waals surface area contributed by atoms with Crippen molar-refractivity contribution in [2.75, 3.05) is 13.2 Å². The highest BCUT2D eigenvalue weighted by Crippen LogP contribution is 2.16. The number of rotatable bonds is 3. The summed E-state index contributed by atoms with van der Waals surface area (Å²) in [6.45, 7) is 0.455. The van der Waals surface area contributed by atoms with Crippen LogP contribution in [-0.2, 0) is 21.0 Å². The van der Waals surface area contributed by atoms with E-state index in [9.17, 15) is 4.79 Å². The van der Waals surface area contributed by atoms with Gasteiger partial charge in [-0.25, -0.2) is 4.79 Å². The number of hydrogen-bond acceptors (Lipinski definition) is 4. The molecule has 1 aliphatic heterocycles. The summed E-state index contributed by atoms with van der Waals surface area (Å²) in [5, 5.41) is 12.2. The number of carbonyl (C=O) groups is 1. The number of fused-ring (bicyclic) bond motifs is 1. The molecule has 1 aromatic carbocycles. The molecule has 0 aliphatic carbocycles. The smallest absolute Gasteiger partial charge is 0.344 e. The van der Waals surface area contributed by atoms with E-state index in [1.165, 1.54) is 0 Å². The minimum atomic E-state index is -1.05. The van der Waals surface area contributed by atoms with Crippen molar-refractivity contribution < 1.29 is 19.5 Å². The Morgan fingerprint density at radius 3 is 3.06 bits per heavy atom. The zero-order valence-corrected chi connectivity index (χ0v) is 8.55. The molecule has 2 rings (SSSR count). The van der Waals surface area contributed by atoms with Crippen LogP contribution in [0.25, 0.3) is 0 Å². The van der Waals surface area contributed by atoms with Crippen molar-refractivity contribution in [3.8, 4) is 0 Å². The Kier molecular flexibility index (Phi) is 3.16. The number of benzene rings is 1. The maximum atomic E-state index is 10.3. The average molecular weight is 221 g/mol. The Morgan fingerprint density at radius 1 is 1.44 bits per heavy atom. The van der Waals surface area contributed by atoms with Gasteiger partial charge in [-0.1, -0.05) is 29.4 Å². The van der Waals surface area contributed by atoms with Gasteiger partial charge in [-0.05, 0) is 5.56 Å². The van der Waals surface area contributed by atoms with Crippen molar-refractivity contribution in [2.24, 2.45) is 5.16 Å². The molecule has 0 aromatic heterocycles. The van der Waals surface area contributed by atoms with Crippen molar-refractivity contribution in [1.29, 1.82) is 0 Å². The fourth-order valence-electron chi connectivity index (χ4n) is 1.50. The summed E-state index contributed by atoms with van der Waals surface area (Å²) < 4.78 is 5.31. The molecule has 0 saturated carbocycles. The van der Waals surface area contributed by atoms with Crippen molar-refractivity contribution in [2.45, 2.75) is 6.61 Å². The summed E-state index contributed by atoms with van der Waals surface area (Å²) >= 11 is 0. The third-order valence-corrected chi connectivity index (χ3v) is 2.19. The lowest BCUT2D eigenvalue weighted by atomic mass is 10.0. The van der Waals surface area contributed by atoms with E-state index in [1.807, 2.05) is 24.3 Å². The summed E-state index contributed by atoms with van der Waals surface area (Å²) in [5.41, 5.74) is 2.62. The molecule has 0 saturated heterocycles. The second kappa shape index (κ2) is 4.76. The predicted molar refractivity (Wildman–Crippen MR) is 56.2 cm³/mol. The van der Waals surface area contributed by atoms with E-state index in [0.717, 1.165) is 11.1 Å². The number of ether oxygens (including phenoxy) is 1. The van der Waals surface area contributed by atoms with Gasteiger partial charge in [0.2, 0.25) is 6.61 Å². The number of aliphatic carboxylic acids is 1. The zero-order chi connectivity index (χ0) is 11.4. The van der Waals surface area contributed by atoms with Gasteiger partial charge in [0.05, 0.1) is 13.2 Å². The first-order valence-electron chi connectivity index (χ1n) is 4.84. The Balaban J connectivity index is 2.15. The molecular formula is C11H11NO4. The summed E-state index contributed by atoms with van der Waals surface area (Å²) in [6.07, 6.45) is 0. The Labute approximate surface area is 92.3 Å². The van der Waals surface area contributed by atoms with E-state index in [0.29, 0.717) is 18.9 Å². The second-order valence-electron chi connectivity index (χ2n) is 3.36. The lowest BCUT2D eigenvalue weighted by Gasteiger charge is -2.17. The molecular weight excluding hydrogens is 210 g/mol. The molecule has 1 aromatic rings. The van der Waals surface area contributed by atoms with Crippen LogP contribution in [0.2, 0.25) is 0 Å². The monoisotopic (exact) mass is 221 g/mol. The van der Waals surface area contributed by atoms with Gasteiger partial charge in [0.25, 0.3) is 0 Å². The number of hydrogen-bond donors (Lipinski definition) is 1. The third-order valence-electron chi connectivity index (χ3n) is 2.19. The molecule has 0 radical (unpaired) electrons. The van der Waals surface area contributed by atoms with Crippen molar-refractivity contribution in [3.63, 3.8) is 0 Å². The molecule has 5 heteroatoms. The zero-order valence-electron chi connectivity index (χ0n) is 8.55. The van der Waals surface area contributed by atoms with E-state index in [4.69, 9.17) is 14.7 Å². The Bertz CT molecular complexity index is 428. The fraction of sp³-hybridized carbons (Fsp3) is 0.273. The van der Waals surface area contributed by atoms with Gasteiger partial charge in [0.15, 0.2) is 0 Å². The molecule has 0 amide bonds. The molecule has 0 unspecified atom stereocenters. The van der Waals surface area contributed by atoms with Crippen LogP contribution >= 0.6 is 0 Å². The number of carboxylic acid groups (broad SMARTS) is 1. The summed E-state index contributed by atoms with van der Waals surface area (Å²) in [6, 6.07) is 7.68. The Morgan fingerprint density at radius 2 is 2.25 bits per heavy atom. The Hall–Kier alpha value is -1.88. The first kappa shape index (κ1) is 10.6. The van der Waals surface area contributed by atoms with Crippen molar-refractivity contribution >= 4 is 11.7 Å². The van der Waals surface area contributed by atoms with Gasteiger partial charge in [-0.15, -0.1) is 0 Å². The van der Waals surface area contributed by atoms with Crippen LogP contribution in [0.4, 0.5) is 0 Å². The van der Waals surface area contributed by atoms with Crippen LogP contribution < -0.4 is 0 Å². The molecule has 1 N–H and O–H groups in total. The van der Waals surface area contributed by atoms with E-state index in [1.54, 1.807) is 0 Å². The van der Waals surface area contributed by atoms with E-state index >= 15 is 0 Å². The molecule has 0 bridgehead atoms. The minimum absolute atomic E-state index is 0.344. The van der Waals surface area contributed by atoms with Crippen LogP contribution in [0, 0.1) is 0 Å². The van der Waals surface area contributed by atoms with E-state index < -0.39 is 12.6 Å². The van der Waals surface area contributed by atoms with Crippen LogP contribution in [0.1, 0.15) is 11.1 Å². The summed E-state index contributed by atoms with van der Waals surface area (Å²) in [4.78, 5) is 15.0. The molecule has 84 valence electrons. The molecule has 0 fully saturated rings. The molecule has 5 nitrogen and oxygen atoms in total. The average Bonchev–Trinajstić information content (AvgIpc) is 2.29. The topological polar surface area (TPSA) is 68.1 Å². The van der Waals surface area contributed by atoms with Gasteiger partial charge in [-0.3, -0.25) is 0 Å². The summed E-state index contributed by atoms with van der Waals surface area (Å²) in [7, 11) is 0. The fourth-order valence-corrected chi connectivity index (χ4v) is 1.50. The first-order valence-corrected chi connectivity index (χ1v) is 4.84. The molecule has 1 heterocycles. The number of oxime groups is 1. The van der Waals surface area contributed by atoms with Crippen LogP contribution in [0.5, 0.6) is 0 Å². The van der Waals surface area contributed by atoms with Crippen LogP contribution in [-0.4, -0.2) is 30.0 Å². The van der Waals surface area contributed by atoms with Crippen LogP contribution in [0.3, 0.4) is 0 Å². The van der Waals surface area contributed by atoms with Gasteiger partial charge in [0.1, 0.15) is 5.71 Å². The highest BCUT2D eigenvalue weighted by molar-refractivity contribution is 6.03. The quantitative estimate of drug-likeness (QED) is 0.774. The maximum Gasteiger partial charge on any atom is 0.344 e. The molecule has 1 aliphatic rings. The lowest BCUT2D eigenvalue weighted by Crippen LogP contribution is -2.19. The summed E-state index contributed by atoms with van der Waals surface area (Å²) in [5.74, 6) is -1.05. The SMILES string of the molecule is O=C(O)CO/N=C1/COCc2ccccc21. The van der Waals surface area contributed by atoms with E-state index in [-0.39, 0.29) is 0 Å². The molecule has 16 heavy (non-hydrogen) atoms. The highest BCUT2D eigenvalue weighted by Gasteiger charge is 2.15. The van der Waals surface area contributed by atoms with E-state index in [2.05, 4.69) is 5.16 Å². The first-order chi connectivity index (χ1) is 7.77. The normalized spacial score (nSPS) is 16.9. The largest absolute Gasteiger partial charge is 0.479 e. The minimum Gasteiger partial charge on any atom is -0.479 e.